The number of rotatable bonds is 7. The molecule has 0 aliphatic rings. The summed E-state index contributed by atoms with van der Waals surface area (Å²) in [4.78, 5) is 11.7. The number of amides is 1. The number of hydrogen-bond donors (Lipinski definition) is 1. The van der Waals surface area contributed by atoms with Crippen molar-refractivity contribution in [2.24, 2.45) is 0 Å². The molecule has 0 bridgehead atoms. The van der Waals surface area contributed by atoms with E-state index < -0.39 is 0 Å². The fourth-order valence-electron chi connectivity index (χ4n) is 1.45. The van der Waals surface area contributed by atoms with E-state index >= 15 is 0 Å². The molecule has 0 aliphatic carbocycles. The highest BCUT2D eigenvalue weighted by molar-refractivity contribution is 5.78. The van der Waals surface area contributed by atoms with E-state index in [1.807, 2.05) is 39.8 Å². The minimum absolute atomic E-state index is 0.0252. The molecule has 0 aliphatic heterocycles. The van der Waals surface area contributed by atoms with E-state index in [1.54, 1.807) is 12.1 Å². The maximum Gasteiger partial charge on any atom is 0.258 e. The van der Waals surface area contributed by atoms with Crippen molar-refractivity contribution in [1.82, 2.24) is 5.32 Å². The Kier molecular flexibility index (Phi) is 5.67. The van der Waals surface area contributed by atoms with Crippen LogP contribution in [-0.4, -0.2) is 24.7 Å². The second-order valence-corrected chi connectivity index (χ2v) is 4.98. The summed E-state index contributed by atoms with van der Waals surface area (Å²) in [6, 6.07) is 7.24. The molecule has 0 aromatic heterocycles. The smallest absolute Gasteiger partial charge is 0.258 e. The molecule has 0 unspecified atom stereocenters. The molecule has 0 spiro atoms. The zero-order valence-electron chi connectivity index (χ0n) is 12.2. The van der Waals surface area contributed by atoms with E-state index in [2.05, 4.69) is 5.32 Å². The Balaban J connectivity index is 2.42. The minimum atomic E-state index is -0.195. The number of carbonyl (C=O) groups excluding carboxylic acids is 1. The predicted octanol–water partition coefficient (Wildman–Crippen LogP) is 2.77. The van der Waals surface area contributed by atoms with Gasteiger partial charge in [-0.15, -0.1) is 0 Å². The summed E-state index contributed by atoms with van der Waals surface area (Å²) in [5.74, 6) is 1.35. The molecule has 1 aromatic carbocycles. The zero-order chi connectivity index (χ0) is 14.3. The van der Waals surface area contributed by atoms with E-state index in [-0.39, 0.29) is 18.1 Å². The van der Waals surface area contributed by atoms with Crippen LogP contribution >= 0.6 is 0 Å². The molecular formula is C15H23NO3. The predicted molar refractivity (Wildman–Crippen MR) is 75.6 cm³/mol. The molecule has 1 N–H and O–H groups in total. The molecule has 0 saturated heterocycles. The van der Waals surface area contributed by atoms with Gasteiger partial charge in [0.2, 0.25) is 0 Å². The molecule has 0 atom stereocenters. The van der Waals surface area contributed by atoms with E-state index in [1.165, 1.54) is 0 Å². The molecule has 1 amide bonds. The second-order valence-electron chi connectivity index (χ2n) is 4.98. The average molecular weight is 265 g/mol. The summed E-state index contributed by atoms with van der Waals surface area (Å²) < 4.78 is 10.8. The van der Waals surface area contributed by atoms with Crippen LogP contribution in [0.3, 0.4) is 0 Å². The van der Waals surface area contributed by atoms with Crippen LogP contribution in [0.15, 0.2) is 24.3 Å². The van der Waals surface area contributed by atoms with Gasteiger partial charge in [0.05, 0.1) is 6.61 Å². The molecule has 106 valence electrons. The minimum Gasteiger partial charge on any atom is -0.494 e. The van der Waals surface area contributed by atoms with Gasteiger partial charge >= 0.3 is 0 Å². The molecule has 0 radical (unpaired) electrons. The van der Waals surface area contributed by atoms with Crippen molar-refractivity contribution in [3.05, 3.63) is 24.3 Å². The van der Waals surface area contributed by atoms with Crippen LogP contribution in [0.1, 0.15) is 34.1 Å². The summed E-state index contributed by atoms with van der Waals surface area (Å²) in [5.41, 5.74) is -0.195. The van der Waals surface area contributed by atoms with Gasteiger partial charge in [0.25, 0.3) is 5.91 Å². The van der Waals surface area contributed by atoms with Crippen molar-refractivity contribution in [1.29, 1.82) is 0 Å². The topological polar surface area (TPSA) is 47.6 Å². The number of hydrogen-bond acceptors (Lipinski definition) is 3. The van der Waals surface area contributed by atoms with Crippen LogP contribution in [0.5, 0.6) is 11.5 Å². The van der Waals surface area contributed by atoms with E-state index in [4.69, 9.17) is 9.47 Å². The average Bonchev–Trinajstić information content (AvgIpc) is 2.38. The maximum absolute atomic E-state index is 11.7. The quantitative estimate of drug-likeness (QED) is 0.824. The second kappa shape index (κ2) is 7.02. The van der Waals surface area contributed by atoms with Crippen LogP contribution in [0.4, 0.5) is 0 Å². The Morgan fingerprint density at radius 1 is 1.11 bits per heavy atom. The van der Waals surface area contributed by atoms with Crippen molar-refractivity contribution >= 4 is 5.91 Å². The highest BCUT2D eigenvalue weighted by Gasteiger charge is 2.17. The van der Waals surface area contributed by atoms with Crippen molar-refractivity contribution in [3.8, 4) is 11.5 Å². The van der Waals surface area contributed by atoms with Crippen LogP contribution in [-0.2, 0) is 4.79 Å². The van der Waals surface area contributed by atoms with Crippen LogP contribution in [0.25, 0.3) is 0 Å². The van der Waals surface area contributed by atoms with Gasteiger partial charge in [-0.3, -0.25) is 4.79 Å². The molecule has 0 heterocycles. The summed E-state index contributed by atoms with van der Waals surface area (Å²) in [7, 11) is 0. The van der Waals surface area contributed by atoms with Gasteiger partial charge in [0.1, 0.15) is 11.5 Å². The van der Waals surface area contributed by atoms with Crippen molar-refractivity contribution < 1.29 is 14.3 Å². The number of nitrogens with one attached hydrogen (secondary N) is 1. The Morgan fingerprint density at radius 3 is 2.11 bits per heavy atom. The number of benzene rings is 1. The van der Waals surface area contributed by atoms with Gasteiger partial charge < -0.3 is 14.8 Å². The summed E-state index contributed by atoms with van der Waals surface area (Å²) in [6.45, 7) is 8.60. The third-order valence-electron chi connectivity index (χ3n) is 2.87. The first-order chi connectivity index (χ1) is 8.96. The Labute approximate surface area is 115 Å². The Bertz CT molecular complexity index is 398. The van der Waals surface area contributed by atoms with Crippen molar-refractivity contribution in [3.63, 3.8) is 0 Å². The standard InChI is InChI=1S/C15H23NO3/c1-5-15(3,4)16-14(17)11-19-13-9-7-12(8-10-13)18-6-2/h7-10H,5-6,11H2,1-4H3,(H,16,17). The SMILES string of the molecule is CCOc1ccc(OCC(=O)NC(C)(C)CC)cc1. The first kappa shape index (κ1) is 15.3. The number of carbonyl (C=O) groups is 1. The monoisotopic (exact) mass is 265 g/mol. The Morgan fingerprint density at radius 2 is 1.63 bits per heavy atom. The third kappa shape index (κ3) is 5.64. The molecule has 0 saturated carbocycles. The van der Waals surface area contributed by atoms with Gasteiger partial charge in [-0.1, -0.05) is 6.92 Å². The lowest BCUT2D eigenvalue weighted by atomic mass is 10.0. The lowest BCUT2D eigenvalue weighted by Gasteiger charge is -2.24. The number of ether oxygens (including phenoxy) is 2. The third-order valence-corrected chi connectivity index (χ3v) is 2.87. The van der Waals surface area contributed by atoms with Gasteiger partial charge in [0.15, 0.2) is 6.61 Å². The summed E-state index contributed by atoms with van der Waals surface area (Å²) >= 11 is 0. The molecule has 4 heteroatoms. The van der Waals surface area contributed by atoms with Crippen molar-refractivity contribution in [2.75, 3.05) is 13.2 Å². The van der Waals surface area contributed by atoms with E-state index in [0.717, 1.165) is 12.2 Å². The highest BCUT2D eigenvalue weighted by atomic mass is 16.5. The maximum atomic E-state index is 11.7. The highest BCUT2D eigenvalue weighted by Crippen LogP contribution is 2.17. The summed E-state index contributed by atoms with van der Waals surface area (Å²) in [5, 5.41) is 2.92. The zero-order valence-corrected chi connectivity index (χ0v) is 12.2. The van der Waals surface area contributed by atoms with Gasteiger partial charge in [-0.25, -0.2) is 0 Å². The van der Waals surface area contributed by atoms with E-state index in [9.17, 15) is 4.79 Å². The first-order valence-electron chi connectivity index (χ1n) is 6.63. The largest absolute Gasteiger partial charge is 0.494 e. The van der Waals surface area contributed by atoms with Crippen molar-refractivity contribution in [2.45, 2.75) is 39.7 Å². The van der Waals surface area contributed by atoms with E-state index in [0.29, 0.717) is 12.4 Å². The van der Waals surface area contributed by atoms with Crippen LogP contribution < -0.4 is 14.8 Å². The normalized spacial score (nSPS) is 10.9. The fraction of sp³-hybridized carbons (Fsp3) is 0.533. The molecule has 19 heavy (non-hydrogen) atoms. The van der Waals surface area contributed by atoms with Gasteiger partial charge in [0, 0.05) is 5.54 Å². The lowest BCUT2D eigenvalue weighted by molar-refractivity contribution is -0.124. The van der Waals surface area contributed by atoms with Gasteiger partial charge in [-0.2, -0.15) is 0 Å². The van der Waals surface area contributed by atoms with Crippen LogP contribution in [0.2, 0.25) is 0 Å². The fourth-order valence-corrected chi connectivity index (χ4v) is 1.45. The summed E-state index contributed by atoms with van der Waals surface area (Å²) in [6.07, 6.45) is 0.877. The Hall–Kier alpha value is -1.71. The molecule has 4 nitrogen and oxygen atoms in total. The first-order valence-corrected chi connectivity index (χ1v) is 6.63. The molecule has 1 aromatic rings. The molecular weight excluding hydrogens is 242 g/mol. The molecule has 1 rings (SSSR count). The lowest BCUT2D eigenvalue weighted by Crippen LogP contribution is -2.44. The molecule has 0 fully saturated rings. The van der Waals surface area contributed by atoms with Crippen LogP contribution in [0, 0.1) is 0 Å². The van der Waals surface area contributed by atoms with Gasteiger partial charge in [-0.05, 0) is 51.5 Å².